The van der Waals surface area contributed by atoms with Gasteiger partial charge in [-0.15, -0.1) is 0 Å². The van der Waals surface area contributed by atoms with E-state index in [1.165, 1.54) is 64.2 Å². The zero-order chi connectivity index (χ0) is 18.1. The Morgan fingerprint density at radius 2 is 1.32 bits per heavy atom. The van der Waals surface area contributed by atoms with Gasteiger partial charge in [0.1, 0.15) is 6.10 Å². The molecule has 1 aliphatic heterocycles. The Labute approximate surface area is 155 Å². The van der Waals surface area contributed by atoms with Crippen LogP contribution in [-0.4, -0.2) is 54.7 Å². The highest BCUT2D eigenvalue weighted by molar-refractivity contribution is 4.85. The Morgan fingerprint density at radius 3 is 1.80 bits per heavy atom. The van der Waals surface area contributed by atoms with Gasteiger partial charge in [-0.1, -0.05) is 64.2 Å². The number of ether oxygens (including phenoxy) is 2. The molecule has 4 nitrogen and oxygen atoms in total. The monoisotopic (exact) mass is 355 g/mol. The van der Waals surface area contributed by atoms with Crippen LogP contribution in [0.4, 0.5) is 0 Å². The van der Waals surface area contributed by atoms with E-state index in [-0.39, 0.29) is 18.2 Å². The van der Waals surface area contributed by atoms with Gasteiger partial charge in [0.25, 0.3) is 0 Å². The van der Waals surface area contributed by atoms with Crippen molar-refractivity contribution in [2.75, 3.05) is 14.1 Å². The molecule has 1 saturated carbocycles. The van der Waals surface area contributed by atoms with Gasteiger partial charge in [-0.05, 0) is 40.3 Å². The highest BCUT2D eigenvalue weighted by atomic mass is 16.7. The summed E-state index contributed by atoms with van der Waals surface area (Å²) in [5, 5.41) is 10.7. The molecule has 4 atom stereocenters. The number of aliphatic hydroxyl groups is 1. The molecule has 2 rings (SSSR count). The lowest BCUT2D eigenvalue weighted by atomic mass is 9.98. The molecule has 1 N–H and O–H groups in total. The lowest BCUT2D eigenvalue weighted by molar-refractivity contribution is -0.269. The van der Waals surface area contributed by atoms with Crippen molar-refractivity contribution in [1.29, 1.82) is 0 Å². The van der Waals surface area contributed by atoms with Crippen molar-refractivity contribution in [2.24, 2.45) is 0 Å². The van der Waals surface area contributed by atoms with Gasteiger partial charge in [-0.25, -0.2) is 0 Å². The number of likely N-dealkylation sites (N-methyl/N-ethyl adjacent to an activating group) is 1. The van der Waals surface area contributed by atoms with E-state index in [9.17, 15) is 5.11 Å². The quantitative estimate of drug-likeness (QED) is 0.810. The summed E-state index contributed by atoms with van der Waals surface area (Å²) in [6, 6.07) is 0.114. The Balaban J connectivity index is 1.88. The molecule has 1 aliphatic carbocycles. The van der Waals surface area contributed by atoms with Crippen LogP contribution in [0.5, 0.6) is 0 Å². The molecule has 2 fully saturated rings. The summed E-state index contributed by atoms with van der Waals surface area (Å²) in [6.07, 6.45) is 15.8. The van der Waals surface area contributed by atoms with Crippen LogP contribution in [0.3, 0.4) is 0 Å². The van der Waals surface area contributed by atoms with Gasteiger partial charge < -0.3 is 19.5 Å². The van der Waals surface area contributed by atoms with Crippen LogP contribution in [0.25, 0.3) is 0 Å². The highest BCUT2D eigenvalue weighted by Crippen LogP contribution is 2.27. The van der Waals surface area contributed by atoms with E-state index in [4.69, 9.17) is 9.47 Å². The second kappa shape index (κ2) is 11.5. The van der Waals surface area contributed by atoms with Crippen molar-refractivity contribution >= 4 is 0 Å². The third-order valence-electron chi connectivity index (χ3n) is 5.90. The zero-order valence-corrected chi connectivity index (χ0v) is 16.8. The van der Waals surface area contributed by atoms with Gasteiger partial charge in [-0.2, -0.15) is 0 Å². The second-order valence-corrected chi connectivity index (χ2v) is 8.44. The normalized spacial score (nSPS) is 34.9. The summed E-state index contributed by atoms with van der Waals surface area (Å²) in [6.45, 7) is 2.09. The number of aliphatic hydroxyl groups excluding tert-OH is 1. The van der Waals surface area contributed by atoms with Gasteiger partial charge >= 0.3 is 0 Å². The topological polar surface area (TPSA) is 41.9 Å². The SMILES string of the molecule is C[C@@H]1C[C@H](N(C)C)[C@@H](O)[C@H](OC2CCCCCCCCCCCC2)O1. The highest BCUT2D eigenvalue weighted by Gasteiger charge is 2.38. The average molecular weight is 356 g/mol. The fourth-order valence-corrected chi connectivity index (χ4v) is 4.28. The van der Waals surface area contributed by atoms with Crippen molar-refractivity contribution in [2.45, 2.75) is 121 Å². The van der Waals surface area contributed by atoms with Crippen LogP contribution in [0.2, 0.25) is 0 Å². The molecule has 0 aromatic carbocycles. The predicted molar refractivity (Wildman–Crippen MR) is 103 cm³/mol. The lowest BCUT2D eigenvalue weighted by Gasteiger charge is -2.42. The van der Waals surface area contributed by atoms with Crippen molar-refractivity contribution in [3.8, 4) is 0 Å². The Morgan fingerprint density at radius 1 is 0.840 bits per heavy atom. The van der Waals surface area contributed by atoms with Crippen LogP contribution in [0, 0.1) is 0 Å². The smallest absolute Gasteiger partial charge is 0.185 e. The second-order valence-electron chi connectivity index (χ2n) is 8.44. The van der Waals surface area contributed by atoms with Gasteiger partial charge in [0.05, 0.1) is 12.2 Å². The molecular weight excluding hydrogens is 314 g/mol. The van der Waals surface area contributed by atoms with E-state index in [0.717, 1.165) is 19.3 Å². The summed E-state index contributed by atoms with van der Waals surface area (Å²) in [7, 11) is 4.06. The van der Waals surface area contributed by atoms with E-state index in [1.807, 2.05) is 14.1 Å². The number of hydrogen-bond donors (Lipinski definition) is 1. The van der Waals surface area contributed by atoms with Crippen LogP contribution in [0.15, 0.2) is 0 Å². The summed E-state index contributed by atoms with van der Waals surface area (Å²) in [5.74, 6) is 0. The van der Waals surface area contributed by atoms with Gasteiger partial charge in [0.15, 0.2) is 6.29 Å². The first kappa shape index (κ1) is 21.1. The van der Waals surface area contributed by atoms with Crippen molar-refractivity contribution in [3.63, 3.8) is 0 Å². The number of rotatable bonds is 3. The van der Waals surface area contributed by atoms with E-state index in [2.05, 4.69) is 11.8 Å². The lowest BCUT2D eigenvalue weighted by Crippen LogP contribution is -2.54. The van der Waals surface area contributed by atoms with Gasteiger partial charge in [0.2, 0.25) is 0 Å². The maximum atomic E-state index is 10.7. The summed E-state index contributed by atoms with van der Waals surface area (Å²) < 4.78 is 12.3. The minimum atomic E-state index is -0.559. The molecule has 0 amide bonds. The molecule has 1 heterocycles. The largest absolute Gasteiger partial charge is 0.386 e. The molecule has 2 aliphatic rings. The third kappa shape index (κ3) is 7.54. The molecule has 0 bridgehead atoms. The summed E-state index contributed by atoms with van der Waals surface area (Å²) in [5.41, 5.74) is 0. The fraction of sp³-hybridized carbons (Fsp3) is 1.00. The zero-order valence-electron chi connectivity index (χ0n) is 16.8. The van der Waals surface area contributed by atoms with Crippen molar-refractivity contribution < 1.29 is 14.6 Å². The summed E-state index contributed by atoms with van der Waals surface area (Å²) >= 11 is 0. The van der Waals surface area contributed by atoms with Crippen LogP contribution < -0.4 is 0 Å². The predicted octanol–water partition coefficient (Wildman–Crippen LogP) is 4.49. The third-order valence-corrected chi connectivity index (χ3v) is 5.90. The maximum Gasteiger partial charge on any atom is 0.185 e. The molecule has 1 saturated heterocycles. The van der Waals surface area contributed by atoms with E-state index < -0.39 is 12.4 Å². The molecule has 0 aromatic rings. The summed E-state index contributed by atoms with van der Waals surface area (Å²) in [4.78, 5) is 2.10. The molecule has 148 valence electrons. The first-order chi connectivity index (χ1) is 12.1. The average Bonchev–Trinajstić information content (AvgIpc) is 2.59. The number of hydrogen-bond acceptors (Lipinski definition) is 4. The molecule has 0 spiro atoms. The van der Waals surface area contributed by atoms with E-state index >= 15 is 0 Å². The number of nitrogens with zero attached hydrogens (tertiary/aromatic N) is 1. The minimum absolute atomic E-state index is 0.114. The van der Waals surface area contributed by atoms with Crippen LogP contribution >= 0.6 is 0 Å². The van der Waals surface area contributed by atoms with E-state index in [1.54, 1.807) is 0 Å². The minimum Gasteiger partial charge on any atom is -0.386 e. The molecular formula is C21H41NO3. The van der Waals surface area contributed by atoms with Gasteiger partial charge in [0, 0.05) is 6.04 Å². The molecule has 0 radical (unpaired) electrons. The molecule has 4 heteroatoms. The van der Waals surface area contributed by atoms with Crippen LogP contribution in [-0.2, 0) is 9.47 Å². The molecule has 0 aromatic heterocycles. The first-order valence-electron chi connectivity index (χ1n) is 10.7. The standard InChI is InChI=1S/C21H41NO3/c1-17-16-19(22(2)3)20(23)21(24-17)25-18-14-12-10-8-6-4-5-7-9-11-13-15-18/h17-21,23H,4-16H2,1-3H3/t17-,19+,20-,21+/m1/s1. The van der Waals surface area contributed by atoms with Crippen molar-refractivity contribution in [3.05, 3.63) is 0 Å². The molecule has 25 heavy (non-hydrogen) atoms. The Bertz CT molecular complexity index is 336. The first-order valence-corrected chi connectivity index (χ1v) is 10.7. The van der Waals surface area contributed by atoms with Crippen LogP contribution in [0.1, 0.15) is 90.4 Å². The Hall–Kier alpha value is -0.160. The van der Waals surface area contributed by atoms with Crippen molar-refractivity contribution in [1.82, 2.24) is 4.90 Å². The Kier molecular flexibility index (Phi) is 9.75. The van der Waals surface area contributed by atoms with Gasteiger partial charge in [-0.3, -0.25) is 0 Å². The molecule has 0 unspecified atom stereocenters. The van der Waals surface area contributed by atoms with E-state index in [0.29, 0.717) is 0 Å². The fourth-order valence-electron chi connectivity index (χ4n) is 4.28. The maximum absolute atomic E-state index is 10.7.